The van der Waals surface area contributed by atoms with Crippen LogP contribution < -0.4 is 10.6 Å². The molecule has 0 spiro atoms. The van der Waals surface area contributed by atoms with Crippen molar-refractivity contribution in [3.63, 3.8) is 0 Å². The Balaban J connectivity index is 0.00000243. The van der Waals surface area contributed by atoms with E-state index in [1.54, 1.807) is 11.8 Å². The molecule has 0 aliphatic carbocycles. The van der Waals surface area contributed by atoms with Gasteiger partial charge in [0, 0.05) is 34.3 Å². The van der Waals surface area contributed by atoms with Crippen LogP contribution >= 0.6 is 35.8 Å². The average Bonchev–Trinajstić information content (AvgIpc) is 2.67. The van der Waals surface area contributed by atoms with E-state index in [2.05, 4.69) is 16.7 Å². The summed E-state index contributed by atoms with van der Waals surface area (Å²) >= 11 is 7.65. The fraction of sp³-hybridized carbons (Fsp3) is 0.250. The van der Waals surface area contributed by atoms with E-state index in [9.17, 15) is 4.79 Å². The van der Waals surface area contributed by atoms with Crippen LogP contribution in [0.3, 0.4) is 0 Å². The lowest BCUT2D eigenvalue weighted by Gasteiger charge is -2.14. The second-order valence-corrected chi connectivity index (χ2v) is 7.42. The van der Waals surface area contributed by atoms with Gasteiger partial charge in [-0.05, 0) is 54.9 Å². The lowest BCUT2D eigenvalue weighted by molar-refractivity contribution is 0.0956. The Morgan fingerprint density at radius 3 is 2.50 bits per heavy atom. The number of nitrogens with one attached hydrogen (secondary N) is 2. The zero-order valence-corrected chi connectivity index (χ0v) is 16.7. The molecule has 1 aliphatic rings. The first-order valence-corrected chi connectivity index (χ1v) is 9.71. The van der Waals surface area contributed by atoms with Crippen molar-refractivity contribution in [2.24, 2.45) is 0 Å². The normalized spacial score (nSPS) is 13.5. The van der Waals surface area contributed by atoms with E-state index in [0.717, 1.165) is 30.3 Å². The van der Waals surface area contributed by atoms with Gasteiger partial charge in [-0.2, -0.15) is 0 Å². The fourth-order valence-electron chi connectivity index (χ4n) is 2.58. The highest BCUT2D eigenvalue weighted by Crippen LogP contribution is 2.24. The molecule has 2 N–H and O–H groups in total. The second kappa shape index (κ2) is 10.6. The van der Waals surface area contributed by atoms with Crippen LogP contribution in [0.25, 0.3) is 0 Å². The summed E-state index contributed by atoms with van der Waals surface area (Å²) in [4.78, 5) is 13.4. The van der Waals surface area contributed by atoms with Gasteiger partial charge in [0.2, 0.25) is 0 Å². The molecule has 0 aromatic heterocycles. The van der Waals surface area contributed by atoms with E-state index in [1.807, 2.05) is 48.5 Å². The van der Waals surface area contributed by atoms with E-state index in [4.69, 9.17) is 11.6 Å². The second-order valence-electron chi connectivity index (χ2n) is 5.94. The first-order valence-electron chi connectivity index (χ1n) is 8.35. The maximum Gasteiger partial charge on any atom is 0.251 e. The Bertz CT molecular complexity index is 745. The molecule has 138 valence electrons. The zero-order valence-electron chi connectivity index (χ0n) is 14.3. The maximum atomic E-state index is 12.2. The molecule has 0 atom stereocenters. The first-order chi connectivity index (χ1) is 12.2. The van der Waals surface area contributed by atoms with E-state index >= 15 is 0 Å². The Morgan fingerprint density at radius 1 is 1.12 bits per heavy atom. The molecule has 3 nitrogen and oxygen atoms in total. The molecule has 0 fully saturated rings. The molecule has 0 radical (unpaired) electrons. The number of amides is 1. The number of hydrogen-bond acceptors (Lipinski definition) is 3. The standard InChI is InChI=1S/C20H21ClN2OS.ClH/c21-18-5-7-19(8-6-18)25-14-16-1-3-17(4-2-16)20(24)23-13-15-9-11-22-12-10-15;/h1-9,22H,10-14H2,(H,23,24);1H. The fourth-order valence-corrected chi connectivity index (χ4v) is 3.56. The lowest BCUT2D eigenvalue weighted by atomic mass is 10.1. The lowest BCUT2D eigenvalue weighted by Crippen LogP contribution is -2.29. The predicted octanol–water partition coefficient (Wildman–Crippen LogP) is 4.70. The van der Waals surface area contributed by atoms with Gasteiger partial charge in [-0.3, -0.25) is 4.79 Å². The number of benzene rings is 2. The molecule has 1 amide bonds. The predicted molar refractivity (Wildman–Crippen MR) is 113 cm³/mol. The van der Waals surface area contributed by atoms with Gasteiger partial charge in [0.25, 0.3) is 5.91 Å². The number of halogens is 2. The van der Waals surface area contributed by atoms with Crippen LogP contribution in [0, 0.1) is 0 Å². The zero-order chi connectivity index (χ0) is 17.5. The van der Waals surface area contributed by atoms with Gasteiger partial charge in [0.1, 0.15) is 0 Å². The Hall–Kier alpha value is -1.46. The Labute approximate surface area is 170 Å². The van der Waals surface area contributed by atoms with Crippen molar-refractivity contribution in [3.05, 3.63) is 76.3 Å². The van der Waals surface area contributed by atoms with Gasteiger partial charge in [0.05, 0.1) is 0 Å². The molecule has 3 rings (SSSR count). The minimum absolute atomic E-state index is 0. The topological polar surface area (TPSA) is 41.1 Å². The van der Waals surface area contributed by atoms with Crippen LogP contribution in [0.5, 0.6) is 0 Å². The van der Waals surface area contributed by atoms with Gasteiger partial charge in [-0.25, -0.2) is 0 Å². The van der Waals surface area contributed by atoms with E-state index in [1.165, 1.54) is 16.0 Å². The summed E-state index contributed by atoms with van der Waals surface area (Å²) in [5.74, 6) is 0.847. The molecule has 6 heteroatoms. The van der Waals surface area contributed by atoms with Gasteiger partial charge in [0.15, 0.2) is 0 Å². The minimum Gasteiger partial charge on any atom is -0.348 e. The van der Waals surface area contributed by atoms with Crippen LogP contribution in [0.2, 0.25) is 5.02 Å². The van der Waals surface area contributed by atoms with Gasteiger partial charge >= 0.3 is 0 Å². The van der Waals surface area contributed by atoms with Crippen LogP contribution in [-0.4, -0.2) is 25.5 Å². The summed E-state index contributed by atoms with van der Waals surface area (Å²) < 4.78 is 0. The highest BCUT2D eigenvalue weighted by Gasteiger charge is 2.08. The third-order valence-electron chi connectivity index (χ3n) is 4.07. The molecule has 2 aromatic rings. The molecular weight excluding hydrogens is 387 g/mol. The number of carbonyl (C=O) groups is 1. The summed E-state index contributed by atoms with van der Waals surface area (Å²) in [5, 5.41) is 7.02. The molecule has 0 saturated carbocycles. The van der Waals surface area contributed by atoms with Crippen molar-refractivity contribution in [2.45, 2.75) is 17.1 Å². The summed E-state index contributed by atoms with van der Waals surface area (Å²) in [6, 6.07) is 15.6. The monoisotopic (exact) mass is 408 g/mol. The van der Waals surface area contributed by atoms with Gasteiger partial charge in [-0.15, -0.1) is 24.2 Å². The molecular formula is C20H22Cl2N2OS. The van der Waals surface area contributed by atoms with Gasteiger partial charge in [-0.1, -0.05) is 35.4 Å². The van der Waals surface area contributed by atoms with Crippen LogP contribution in [0.15, 0.2) is 65.1 Å². The highest BCUT2D eigenvalue weighted by molar-refractivity contribution is 7.98. The van der Waals surface area contributed by atoms with E-state index < -0.39 is 0 Å². The number of rotatable bonds is 6. The third kappa shape index (κ3) is 6.36. The molecule has 26 heavy (non-hydrogen) atoms. The SMILES string of the molecule is Cl.O=C(NCC1=CCNCC1)c1ccc(CSc2ccc(Cl)cc2)cc1. The van der Waals surface area contributed by atoms with Crippen molar-refractivity contribution in [1.82, 2.24) is 10.6 Å². The number of carbonyl (C=O) groups excluding carboxylic acids is 1. The Morgan fingerprint density at radius 2 is 1.85 bits per heavy atom. The van der Waals surface area contributed by atoms with Gasteiger partial charge < -0.3 is 10.6 Å². The summed E-state index contributed by atoms with van der Waals surface area (Å²) in [7, 11) is 0. The highest BCUT2D eigenvalue weighted by atomic mass is 35.5. The smallest absolute Gasteiger partial charge is 0.251 e. The summed E-state index contributed by atoms with van der Waals surface area (Å²) in [6.07, 6.45) is 3.15. The largest absolute Gasteiger partial charge is 0.348 e. The summed E-state index contributed by atoms with van der Waals surface area (Å²) in [6.45, 7) is 2.52. The maximum absolute atomic E-state index is 12.2. The third-order valence-corrected chi connectivity index (χ3v) is 5.40. The van der Waals surface area contributed by atoms with Crippen molar-refractivity contribution in [1.29, 1.82) is 0 Å². The van der Waals surface area contributed by atoms with Crippen LogP contribution in [0.1, 0.15) is 22.3 Å². The molecule has 0 saturated heterocycles. The van der Waals surface area contributed by atoms with Crippen molar-refractivity contribution < 1.29 is 4.79 Å². The molecule has 2 aromatic carbocycles. The quantitative estimate of drug-likeness (QED) is 0.537. The van der Waals surface area contributed by atoms with Crippen LogP contribution in [0.4, 0.5) is 0 Å². The number of hydrogen-bond donors (Lipinski definition) is 2. The van der Waals surface area contributed by atoms with E-state index in [-0.39, 0.29) is 18.3 Å². The minimum atomic E-state index is -0.0173. The van der Waals surface area contributed by atoms with Crippen LogP contribution in [-0.2, 0) is 5.75 Å². The molecule has 0 bridgehead atoms. The molecule has 0 unspecified atom stereocenters. The molecule has 1 aliphatic heterocycles. The van der Waals surface area contributed by atoms with Crippen molar-refractivity contribution >= 4 is 41.7 Å². The van der Waals surface area contributed by atoms with E-state index in [0.29, 0.717) is 12.1 Å². The summed E-state index contributed by atoms with van der Waals surface area (Å²) in [5.41, 5.74) is 3.19. The van der Waals surface area contributed by atoms with Crippen molar-refractivity contribution in [2.75, 3.05) is 19.6 Å². The average molecular weight is 409 g/mol. The number of thioether (sulfide) groups is 1. The first kappa shape index (κ1) is 20.8. The Kier molecular flexibility index (Phi) is 8.52. The van der Waals surface area contributed by atoms with Crippen molar-refractivity contribution in [3.8, 4) is 0 Å². The molecule has 1 heterocycles.